The third-order valence-corrected chi connectivity index (χ3v) is 2.90. The highest BCUT2D eigenvalue weighted by Crippen LogP contribution is 2.25. The smallest absolute Gasteiger partial charge is 0.491 e. The first kappa shape index (κ1) is 16.8. The summed E-state index contributed by atoms with van der Waals surface area (Å²) < 4.78 is 44.7. The molecular weight excluding hydrogens is 271 g/mol. The van der Waals surface area contributed by atoms with E-state index in [0.29, 0.717) is 12.2 Å². The fourth-order valence-electron chi connectivity index (χ4n) is 1.81. The highest BCUT2D eigenvalue weighted by Gasteiger charge is 2.28. The zero-order valence-electron chi connectivity index (χ0n) is 11.7. The van der Waals surface area contributed by atoms with Gasteiger partial charge in [0.2, 0.25) is 0 Å². The Labute approximate surface area is 116 Å². The molecule has 0 fully saturated rings. The van der Waals surface area contributed by atoms with E-state index in [0.717, 1.165) is 17.5 Å². The lowest BCUT2D eigenvalue weighted by molar-refractivity contribution is -0.325. The topological polar surface area (TPSA) is 44.5 Å². The van der Waals surface area contributed by atoms with Crippen molar-refractivity contribution in [2.24, 2.45) is 5.73 Å². The highest BCUT2D eigenvalue weighted by molar-refractivity contribution is 5.41. The molecule has 2 N–H and O–H groups in total. The van der Waals surface area contributed by atoms with E-state index in [-0.39, 0.29) is 12.6 Å². The lowest BCUT2D eigenvalue weighted by atomic mass is 10.0. The maximum Gasteiger partial charge on any atom is 0.522 e. The molecule has 0 amide bonds. The van der Waals surface area contributed by atoms with Crippen LogP contribution >= 0.6 is 0 Å². The average Bonchev–Trinajstić information content (AvgIpc) is 2.35. The van der Waals surface area contributed by atoms with Gasteiger partial charge in [0.15, 0.2) is 0 Å². The second-order valence-electron chi connectivity index (χ2n) is 4.58. The van der Waals surface area contributed by atoms with Crippen LogP contribution < -0.4 is 10.5 Å². The second-order valence-corrected chi connectivity index (χ2v) is 4.58. The minimum Gasteiger partial charge on any atom is -0.491 e. The summed E-state index contributed by atoms with van der Waals surface area (Å²) in [7, 11) is 0. The van der Waals surface area contributed by atoms with Gasteiger partial charge in [-0.15, -0.1) is 13.2 Å². The normalized spacial score (nSPS) is 13.3. The van der Waals surface area contributed by atoms with E-state index in [2.05, 4.69) is 4.74 Å². The molecule has 3 nitrogen and oxygen atoms in total. The molecule has 1 rings (SSSR count). The molecule has 0 saturated carbocycles. The zero-order chi connectivity index (χ0) is 15.2. The van der Waals surface area contributed by atoms with Gasteiger partial charge in [0, 0.05) is 6.04 Å². The Kier molecular flexibility index (Phi) is 6.29. The van der Waals surface area contributed by atoms with Crippen molar-refractivity contribution in [3.8, 4) is 5.75 Å². The van der Waals surface area contributed by atoms with E-state index in [9.17, 15) is 13.2 Å². The van der Waals surface area contributed by atoms with Crippen molar-refractivity contribution < 1.29 is 22.6 Å². The van der Waals surface area contributed by atoms with Crippen molar-refractivity contribution in [3.05, 3.63) is 29.3 Å². The fraction of sp³-hybridized carbons (Fsp3) is 0.571. The third kappa shape index (κ3) is 5.79. The van der Waals surface area contributed by atoms with Crippen LogP contribution in [0.15, 0.2) is 18.2 Å². The quantitative estimate of drug-likeness (QED) is 0.785. The summed E-state index contributed by atoms with van der Waals surface area (Å²) >= 11 is 0. The van der Waals surface area contributed by atoms with Gasteiger partial charge in [0.25, 0.3) is 0 Å². The van der Waals surface area contributed by atoms with Crippen LogP contribution in [0, 0.1) is 6.92 Å². The van der Waals surface area contributed by atoms with Crippen molar-refractivity contribution in [1.29, 1.82) is 0 Å². The molecule has 0 bridgehead atoms. The number of nitrogens with two attached hydrogens (primary N) is 1. The van der Waals surface area contributed by atoms with Gasteiger partial charge < -0.3 is 10.5 Å². The largest absolute Gasteiger partial charge is 0.522 e. The van der Waals surface area contributed by atoms with E-state index in [1.165, 1.54) is 0 Å². The van der Waals surface area contributed by atoms with Crippen molar-refractivity contribution in [2.75, 3.05) is 13.2 Å². The molecule has 1 atom stereocenters. The number of benzene rings is 1. The second kappa shape index (κ2) is 7.50. The van der Waals surface area contributed by atoms with Gasteiger partial charge in [0.05, 0.1) is 6.61 Å². The Morgan fingerprint density at radius 3 is 2.55 bits per heavy atom. The fourth-order valence-corrected chi connectivity index (χ4v) is 1.81. The van der Waals surface area contributed by atoms with Crippen LogP contribution in [-0.4, -0.2) is 25.6 Å². The lowest BCUT2D eigenvalue weighted by Gasteiger charge is -2.17. The number of ether oxygens (including phenoxy) is 2. The molecule has 1 aromatic rings. The Balaban J connectivity index is 2.63. The summed E-state index contributed by atoms with van der Waals surface area (Å²) in [6, 6.07) is 5.61. The highest BCUT2D eigenvalue weighted by atomic mass is 19.4. The number of rotatable bonds is 7. The number of alkyl halides is 3. The van der Waals surface area contributed by atoms with Gasteiger partial charge >= 0.3 is 6.36 Å². The van der Waals surface area contributed by atoms with Crippen LogP contribution in [0.3, 0.4) is 0 Å². The van der Waals surface area contributed by atoms with Crippen LogP contribution in [0.4, 0.5) is 13.2 Å². The molecule has 0 aromatic heterocycles. The van der Waals surface area contributed by atoms with Crippen LogP contribution in [0.25, 0.3) is 0 Å². The van der Waals surface area contributed by atoms with E-state index in [1.54, 1.807) is 0 Å². The summed E-state index contributed by atoms with van der Waals surface area (Å²) in [5.74, 6) is 0.599. The number of aryl methyl sites for hydroxylation is 1. The van der Waals surface area contributed by atoms with Crippen molar-refractivity contribution in [2.45, 2.75) is 39.1 Å². The standard InChI is InChI=1S/C14H20F3NO2/c1-3-12(18)9-11-6-4-5-10(2)13(11)19-7-8-20-14(15,16)17/h4-6,12H,3,7-9,18H2,1-2H3. The first-order chi connectivity index (χ1) is 9.33. The molecule has 0 aliphatic rings. The molecule has 1 aromatic carbocycles. The lowest BCUT2D eigenvalue weighted by Crippen LogP contribution is -2.22. The predicted molar refractivity (Wildman–Crippen MR) is 70.7 cm³/mol. The Morgan fingerprint density at radius 1 is 1.25 bits per heavy atom. The molecule has 114 valence electrons. The molecule has 6 heteroatoms. The molecule has 0 aliphatic carbocycles. The van der Waals surface area contributed by atoms with Crippen LogP contribution in [0.1, 0.15) is 24.5 Å². The van der Waals surface area contributed by atoms with E-state index in [4.69, 9.17) is 10.5 Å². The summed E-state index contributed by atoms with van der Waals surface area (Å²) in [4.78, 5) is 0. The average molecular weight is 291 g/mol. The van der Waals surface area contributed by atoms with E-state index >= 15 is 0 Å². The van der Waals surface area contributed by atoms with Crippen LogP contribution in [-0.2, 0) is 11.2 Å². The maximum atomic E-state index is 11.9. The molecule has 20 heavy (non-hydrogen) atoms. The van der Waals surface area contributed by atoms with Gasteiger partial charge in [-0.1, -0.05) is 25.1 Å². The Morgan fingerprint density at radius 2 is 1.95 bits per heavy atom. The number of hydrogen-bond acceptors (Lipinski definition) is 3. The monoisotopic (exact) mass is 291 g/mol. The first-order valence-corrected chi connectivity index (χ1v) is 6.51. The third-order valence-electron chi connectivity index (χ3n) is 2.90. The minimum atomic E-state index is -4.62. The number of para-hydroxylation sites is 1. The van der Waals surface area contributed by atoms with Crippen LogP contribution in [0.5, 0.6) is 5.75 Å². The van der Waals surface area contributed by atoms with Crippen molar-refractivity contribution in [3.63, 3.8) is 0 Å². The summed E-state index contributed by atoms with van der Waals surface area (Å²) in [5.41, 5.74) is 7.69. The summed E-state index contributed by atoms with van der Waals surface area (Å²) in [6.45, 7) is 3.15. The number of hydrogen-bond donors (Lipinski definition) is 1. The first-order valence-electron chi connectivity index (χ1n) is 6.51. The maximum absolute atomic E-state index is 11.9. The Bertz CT molecular complexity index is 421. The van der Waals surface area contributed by atoms with Gasteiger partial charge in [-0.05, 0) is 30.9 Å². The SMILES string of the molecule is CCC(N)Cc1cccc(C)c1OCCOC(F)(F)F. The molecule has 0 radical (unpaired) electrons. The molecular formula is C14H20F3NO2. The summed E-state index contributed by atoms with van der Waals surface area (Å²) in [6.07, 6.45) is -3.17. The van der Waals surface area contributed by atoms with Gasteiger partial charge in [-0.2, -0.15) is 0 Å². The van der Waals surface area contributed by atoms with Gasteiger partial charge in [-0.25, -0.2) is 0 Å². The van der Waals surface area contributed by atoms with E-state index in [1.807, 2.05) is 32.0 Å². The Hall–Kier alpha value is -1.27. The van der Waals surface area contributed by atoms with Crippen LogP contribution in [0.2, 0.25) is 0 Å². The van der Waals surface area contributed by atoms with E-state index < -0.39 is 13.0 Å². The molecule has 0 saturated heterocycles. The van der Waals surface area contributed by atoms with Gasteiger partial charge in [-0.3, -0.25) is 4.74 Å². The zero-order valence-corrected chi connectivity index (χ0v) is 11.7. The predicted octanol–water partition coefficient (Wildman–Crippen LogP) is 3.19. The van der Waals surface area contributed by atoms with Crippen molar-refractivity contribution in [1.82, 2.24) is 0 Å². The summed E-state index contributed by atoms with van der Waals surface area (Å²) in [5, 5.41) is 0. The molecule has 1 unspecified atom stereocenters. The molecule has 0 heterocycles. The van der Waals surface area contributed by atoms with Crippen molar-refractivity contribution >= 4 is 0 Å². The minimum absolute atomic E-state index is 0.00516. The molecule has 0 spiro atoms. The van der Waals surface area contributed by atoms with Gasteiger partial charge in [0.1, 0.15) is 12.4 Å². The molecule has 0 aliphatic heterocycles. The number of halogens is 3.